The zero-order valence-corrected chi connectivity index (χ0v) is 40.4. The maximum absolute atomic E-state index is 14.3. The van der Waals surface area contributed by atoms with Crippen LogP contribution in [0.4, 0.5) is 13.2 Å². The lowest BCUT2D eigenvalue weighted by atomic mass is 9.90. The van der Waals surface area contributed by atoms with Crippen LogP contribution in [-0.2, 0) is 62.6 Å². The normalized spacial score (nSPS) is 17.8. The molecule has 9 unspecified atom stereocenters. The summed E-state index contributed by atoms with van der Waals surface area (Å²) in [5.41, 5.74) is 0.993. The Hall–Kier alpha value is -4.76. The van der Waals surface area contributed by atoms with Gasteiger partial charge in [0.1, 0.15) is 17.4 Å². The first-order valence-corrected chi connectivity index (χ1v) is 23.3. The molecule has 3 rings (SSSR count). The average Bonchev–Trinajstić information content (AvgIpc) is 3.76. The molecule has 0 aliphatic carbocycles. The number of nitrogens with zero attached hydrogens (tertiary/aromatic N) is 3. The molecule has 9 atom stereocenters. The molecule has 368 valence electrons. The van der Waals surface area contributed by atoms with Crippen LogP contribution >= 0.6 is 0 Å². The van der Waals surface area contributed by atoms with E-state index in [1.165, 1.54) is 38.5 Å². The van der Waals surface area contributed by atoms with E-state index in [0.717, 1.165) is 0 Å². The number of carbonyl (C=O) groups is 6. The predicted octanol–water partition coefficient (Wildman–Crippen LogP) is 3.35. The van der Waals surface area contributed by atoms with Crippen LogP contribution < -0.4 is 20.7 Å². The van der Waals surface area contributed by atoms with E-state index in [-0.39, 0.29) is 53.8 Å². The molecule has 4 N–H and O–H groups in total. The van der Waals surface area contributed by atoms with Crippen LogP contribution in [0.3, 0.4) is 0 Å². The number of hydrogen-bond donors (Lipinski definition) is 4. The standard InChI is InChI=1S/C46H68F3N7O9S/c1-11-29(4)40(55(8)38(58)27-50-44(61)39(28(2)3)54(6)7)36(64-9)25-37(57)56-23-15-18-35(56)41(65-10)30(5)42(59)52-34(24-31-16-13-12-14-17-31)43(60)53-66(63)33-21-19-32(20-22-33)26-51-45(62)46(47,48)49/h12-14,16-17,19-22,28-30,34-36,39-41H,11,15,18,23-27H2,1-10H3,(H,50,61)(H,51,62)(H,52,59)(H,53,60). The van der Waals surface area contributed by atoms with E-state index < -0.39 is 84.1 Å². The molecule has 0 saturated carbocycles. The Balaban J connectivity index is 1.75. The van der Waals surface area contributed by atoms with E-state index in [9.17, 15) is 46.5 Å². The molecule has 1 heterocycles. The fourth-order valence-corrected chi connectivity index (χ4v) is 9.27. The quantitative estimate of drug-likeness (QED) is 0.113. The van der Waals surface area contributed by atoms with Gasteiger partial charge in [0.2, 0.25) is 23.6 Å². The number of methoxy groups -OCH3 is 2. The second-order valence-corrected chi connectivity index (χ2v) is 18.5. The van der Waals surface area contributed by atoms with Crippen LogP contribution in [0.5, 0.6) is 0 Å². The van der Waals surface area contributed by atoms with Crippen LogP contribution in [0, 0.1) is 17.8 Å². The van der Waals surface area contributed by atoms with Crippen molar-refractivity contribution < 1.29 is 56.0 Å². The Bertz CT molecular complexity index is 1900. The van der Waals surface area contributed by atoms with Crippen molar-refractivity contribution in [1.29, 1.82) is 0 Å². The monoisotopic (exact) mass is 951 g/mol. The number of nitrogens with one attached hydrogen (secondary N) is 4. The molecule has 20 heteroatoms. The van der Waals surface area contributed by atoms with Gasteiger partial charge in [0.15, 0.2) is 4.90 Å². The summed E-state index contributed by atoms with van der Waals surface area (Å²) in [6.45, 7) is 9.19. The van der Waals surface area contributed by atoms with E-state index in [1.807, 2.05) is 27.7 Å². The number of amides is 6. The van der Waals surface area contributed by atoms with Crippen molar-refractivity contribution in [2.75, 3.05) is 48.5 Å². The topological polar surface area (TPSA) is 202 Å². The summed E-state index contributed by atoms with van der Waals surface area (Å²) >= 11 is -2.14. The van der Waals surface area contributed by atoms with E-state index >= 15 is 0 Å². The lowest BCUT2D eigenvalue weighted by Gasteiger charge is -2.39. The van der Waals surface area contributed by atoms with E-state index in [0.29, 0.717) is 36.9 Å². The number of carbonyl (C=O) groups excluding carboxylic acids is 6. The van der Waals surface area contributed by atoms with Gasteiger partial charge in [-0.05, 0) is 62.0 Å². The van der Waals surface area contributed by atoms with Gasteiger partial charge < -0.3 is 39.8 Å². The molecule has 1 aliphatic heterocycles. The molecule has 1 saturated heterocycles. The van der Waals surface area contributed by atoms with Crippen molar-refractivity contribution in [3.05, 3.63) is 65.7 Å². The van der Waals surface area contributed by atoms with Crippen molar-refractivity contribution in [1.82, 2.24) is 35.4 Å². The molecule has 16 nitrogen and oxygen atoms in total. The number of halogens is 3. The Morgan fingerprint density at radius 1 is 0.879 bits per heavy atom. The van der Waals surface area contributed by atoms with Gasteiger partial charge in [0.25, 0.3) is 5.91 Å². The third-order valence-electron chi connectivity index (χ3n) is 12.1. The minimum absolute atomic E-state index is 0.0160. The minimum Gasteiger partial charge on any atom is -0.588 e. The maximum atomic E-state index is 14.3. The van der Waals surface area contributed by atoms with Crippen molar-refractivity contribution >= 4 is 46.8 Å². The highest BCUT2D eigenvalue weighted by Gasteiger charge is 2.43. The lowest BCUT2D eigenvalue weighted by molar-refractivity contribution is -0.173. The second-order valence-electron chi connectivity index (χ2n) is 17.3. The molecule has 0 bridgehead atoms. The van der Waals surface area contributed by atoms with Gasteiger partial charge in [-0.1, -0.05) is 83.5 Å². The summed E-state index contributed by atoms with van der Waals surface area (Å²) < 4.78 is 65.4. The summed E-state index contributed by atoms with van der Waals surface area (Å²) in [6.07, 6.45) is -4.78. The smallest absolute Gasteiger partial charge is 0.471 e. The first-order valence-electron chi connectivity index (χ1n) is 22.1. The van der Waals surface area contributed by atoms with Gasteiger partial charge >= 0.3 is 12.1 Å². The van der Waals surface area contributed by atoms with Crippen LogP contribution in [0.25, 0.3) is 0 Å². The molecule has 2 aromatic rings. The number of likely N-dealkylation sites (tertiary alicyclic amines) is 1. The van der Waals surface area contributed by atoms with Crippen molar-refractivity contribution in [3.8, 4) is 0 Å². The summed E-state index contributed by atoms with van der Waals surface area (Å²) in [7, 11) is 8.19. The number of alkyl halides is 3. The number of hydrogen-bond acceptors (Lipinski definition) is 10. The van der Waals surface area contributed by atoms with Crippen molar-refractivity contribution in [2.45, 2.75) is 121 Å². The number of likely N-dealkylation sites (N-methyl/N-ethyl adjacent to an activating group) is 2. The molecule has 66 heavy (non-hydrogen) atoms. The fourth-order valence-electron chi connectivity index (χ4n) is 8.45. The van der Waals surface area contributed by atoms with Crippen LogP contribution in [0.15, 0.2) is 59.5 Å². The Kier molecular flexibility index (Phi) is 21.9. The maximum Gasteiger partial charge on any atom is 0.471 e. The Labute approximate surface area is 389 Å². The van der Waals surface area contributed by atoms with Gasteiger partial charge in [-0.2, -0.15) is 17.9 Å². The van der Waals surface area contributed by atoms with E-state index in [4.69, 9.17) is 9.47 Å². The van der Waals surface area contributed by atoms with E-state index in [1.54, 1.807) is 78.4 Å². The van der Waals surface area contributed by atoms with Crippen LogP contribution in [0.1, 0.15) is 71.4 Å². The molecule has 0 aromatic heterocycles. The van der Waals surface area contributed by atoms with Gasteiger partial charge in [0, 0.05) is 40.8 Å². The van der Waals surface area contributed by atoms with E-state index in [2.05, 4.69) is 15.4 Å². The van der Waals surface area contributed by atoms with Gasteiger partial charge in [-0.15, -0.1) is 0 Å². The first kappa shape index (κ1) is 55.6. The number of rotatable bonds is 24. The van der Waals surface area contributed by atoms with Gasteiger partial charge in [-0.3, -0.25) is 33.7 Å². The Morgan fingerprint density at radius 2 is 1.52 bits per heavy atom. The first-order chi connectivity index (χ1) is 31.0. The predicted molar refractivity (Wildman–Crippen MR) is 242 cm³/mol. The molecular weight excluding hydrogens is 884 g/mol. The highest BCUT2D eigenvalue weighted by Crippen LogP contribution is 2.29. The zero-order valence-electron chi connectivity index (χ0n) is 39.6. The minimum atomic E-state index is -5.04. The van der Waals surface area contributed by atoms with Gasteiger partial charge in [0.05, 0.1) is 49.2 Å². The summed E-state index contributed by atoms with van der Waals surface area (Å²) in [4.78, 5) is 85.0. The molecule has 1 fully saturated rings. The second kappa shape index (κ2) is 26.0. The zero-order chi connectivity index (χ0) is 49.5. The molecule has 0 radical (unpaired) electrons. The third-order valence-corrected chi connectivity index (χ3v) is 13.2. The SMILES string of the molecule is CCC(C)C(C(CC(=O)N1CCCC1C(OC)C(C)C(=O)NC(Cc1ccccc1)C(=O)N[S+]([O-])c1ccc(CNC(=O)C(F)(F)F)cc1)OC)N(C)C(=O)CNC(=O)C(C(C)C)N(C)C. The van der Waals surface area contributed by atoms with Crippen LogP contribution in [0.2, 0.25) is 0 Å². The van der Waals surface area contributed by atoms with Gasteiger partial charge in [-0.25, -0.2) is 0 Å². The number of benzene rings is 2. The number of ether oxygens (including phenoxy) is 2. The molecule has 1 aliphatic rings. The van der Waals surface area contributed by atoms with Crippen molar-refractivity contribution in [2.24, 2.45) is 17.8 Å². The highest BCUT2D eigenvalue weighted by atomic mass is 32.2. The Morgan fingerprint density at radius 3 is 2.06 bits per heavy atom. The lowest BCUT2D eigenvalue weighted by Crippen LogP contribution is -2.56. The third kappa shape index (κ3) is 15.7. The molecule has 2 aromatic carbocycles. The fraction of sp³-hybridized carbons (Fsp3) is 0.609. The molecule has 6 amide bonds. The summed E-state index contributed by atoms with van der Waals surface area (Å²) in [5, 5.41) is 7.33. The molecular formula is C46H68F3N7O9S. The summed E-state index contributed by atoms with van der Waals surface area (Å²) in [5.74, 6) is -5.24. The highest BCUT2D eigenvalue weighted by molar-refractivity contribution is 7.90. The van der Waals surface area contributed by atoms with Crippen LogP contribution in [-0.4, -0.2) is 146 Å². The largest absolute Gasteiger partial charge is 0.588 e. The summed E-state index contributed by atoms with van der Waals surface area (Å²) in [6, 6.07) is 11.6. The molecule has 0 spiro atoms. The average molecular weight is 952 g/mol. The van der Waals surface area contributed by atoms with Crippen molar-refractivity contribution in [3.63, 3.8) is 0 Å².